The standard InChI is InChI=1S/C19H24N4O/c1-22-12-11-21-16(14-22)13-19(24)23(17-5-3-2-4-6-17)18-9-7-15(20)8-10-18/h2-10,16,21H,11-14,20H2,1H3. The summed E-state index contributed by atoms with van der Waals surface area (Å²) in [5.41, 5.74) is 8.19. The van der Waals surface area contributed by atoms with Gasteiger partial charge in [0.15, 0.2) is 0 Å². The molecule has 1 unspecified atom stereocenters. The lowest BCUT2D eigenvalue weighted by atomic mass is 10.1. The Kier molecular flexibility index (Phi) is 5.13. The quantitative estimate of drug-likeness (QED) is 0.847. The van der Waals surface area contributed by atoms with Crippen molar-refractivity contribution < 1.29 is 4.79 Å². The van der Waals surface area contributed by atoms with Crippen LogP contribution in [0.2, 0.25) is 0 Å². The van der Waals surface area contributed by atoms with E-state index in [1.807, 2.05) is 54.6 Å². The molecule has 126 valence electrons. The van der Waals surface area contributed by atoms with Gasteiger partial charge in [-0.25, -0.2) is 0 Å². The number of hydrogen-bond donors (Lipinski definition) is 2. The highest BCUT2D eigenvalue weighted by Gasteiger charge is 2.24. The largest absolute Gasteiger partial charge is 0.399 e. The van der Waals surface area contributed by atoms with Crippen molar-refractivity contribution in [3.05, 3.63) is 54.6 Å². The van der Waals surface area contributed by atoms with Gasteiger partial charge in [0.1, 0.15) is 0 Å². The summed E-state index contributed by atoms with van der Waals surface area (Å²) in [6.45, 7) is 2.82. The molecule has 0 bridgehead atoms. The van der Waals surface area contributed by atoms with Crippen molar-refractivity contribution in [1.29, 1.82) is 0 Å². The second-order valence-electron chi connectivity index (χ2n) is 6.27. The van der Waals surface area contributed by atoms with Crippen LogP contribution in [0.15, 0.2) is 54.6 Å². The van der Waals surface area contributed by atoms with Gasteiger partial charge in [-0.15, -0.1) is 0 Å². The highest BCUT2D eigenvalue weighted by Crippen LogP contribution is 2.27. The van der Waals surface area contributed by atoms with Crippen molar-refractivity contribution in [3.8, 4) is 0 Å². The molecule has 1 aliphatic rings. The predicted molar refractivity (Wildman–Crippen MR) is 98.3 cm³/mol. The molecule has 2 aromatic carbocycles. The molecule has 0 aromatic heterocycles. The minimum Gasteiger partial charge on any atom is -0.399 e. The number of benzene rings is 2. The molecule has 0 spiro atoms. The Morgan fingerprint density at radius 1 is 1.17 bits per heavy atom. The fourth-order valence-electron chi connectivity index (χ4n) is 3.07. The Morgan fingerprint density at radius 2 is 1.83 bits per heavy atom. The smallest absolute Gasteiger partial charge is 0.233 e. The Labute approximate surface area is 143 Å². The normalized spacial score (nSPS) is 18.3. The topological polar surface area (TPSA) is 61.6 Å². The first-order valence-electron chi connectivity index (χ1n) is 8.29. The summed E-state index contributed by atoms with van der Waals surface area (Å²) in [5, 5.41) is 3.44. The molecule has 1 atom stereocenters. The summed E-state index contributed by atoms with van der Waals surface area (Å²) >= 11 is 0. The molecule has 0 saturated carbocycles. The number of para-hydroxylation sites is 1. The molecule has 0 aliphatic carbocycles. The van der Waals surface area contributed by atoms with Crippen LogP contribution in [0.1, 0.15) is 6.42 Å². The summed E-state index contributed by atoms with van der Waals surface area (Å²) in [5.74, 6) is 0.0822. The summed E-state index contributed by atoms with van der Waals surface area (Å²) < 4.78 is 0. The van der Waals surface area contributed by atoms with Gasteiger partial charge in [-0.3, -0.25) is 9.69 Å². The van der Waals surface area contributed by atoms with Gasteiger partial charge >= 0.3 is 0 Å². The molecule has 0 radical (unpaired) electrons. The van der Waals surface area contributed by atoms with Crippen molar-refractivity contribution in [2.24, 2.45) is 0 Å². The molecule has 3 N–H and O–H groups in total. The number of hydrogen-bond acceptors (Lipinski definition) is 4. The Morgan fingerprint density at radius 3 is 2.50 bits per heavy atom. The number of carbonyl (C=O) groups is 1. The number of piperazine rings is 1. The lowest BCUT2D eigenvalue weighted by Gasteiger charge is -2.32. The van der Waals surface area contributed by atoms with Crippen LogP contribution >= 0.6 is 0 Å². The van der Waals surface area contributed by atoms with E-state index in [2.05, 4.69) is 17.3 Å². The van der Waals surface area contributed by atoms with Crippen LogP contribution in [0, 0.1) is 0 Å². The average molecular weight is 324 g/mol. The number of amides is 1. The van der Waals surface area contributed by atoms with Crippen LogP contribution in [0.3, 0.4) is 0 Å². The maximum Gasteiger partial charge on any atom is 0.233 e. The van der Waals surface area contributed by atoms with Crippen molar-refractivity contribution in [1.82, 2.24) is 10.2 Å². The third kappa shape index (κ3) is 3.93. The maximum absolute atomic E-state index is 13.0. The second kappa shape index (κ2) is 7.47. The lowest BCUT2D eigenvalue weighted by molar-refractivity contribution is -0.118. The van der Waals surface area contributed by atoms with Crippen molar-refractivity contribution in [3.63, 3.8) is 0 Å². The average Bonchev–Trinajstić information content (AvgIpc) is 2.58. The number of carbonyl (C=O) groups excluding carboxylic acids is 1. The fraction of sp³-hybridized carbons (Fsp3) is 0.316. The van der Waals surface area contributed by atoms with E-state index in [9.17, 15) is 4.79 Å². The SMILES string of the molecule is CN1CCNC(CC(=O)N(c2ccccc2)c2ccc(N)cc2)C1. The van der Waals surface area contributed by atoms with Gasteiger partial charge in [-0.2, -0.15) is 0 Å². The van der Waals surface area contributed by atoms with Gasteiger partial charge in [-0.1, -0.05) is 18.2 Å². The lowest BCUT2D eigenvalue weighted by Crippen LogP contribution is -2.50. The van der Waals surface area contributed by atoms with E-state index in [-0.39, 0.29) is 11.9 Å². The highest BCUT2D eigenvalue weighted by molar-refractivity contribution is 6.00. The summed E-state index contributed by atoms with van der Waals surface area (Å²) in [7, 11) is 2.09. The number of nitrogens with one attached hydrogen (secondary N) is 1. The molecule has 5 nitrogen and oxygen atoms in total. The van der Waals surface area contributed by atoms with E-state index >= 15 is 0 Å². The summed E-state index contributed by atoms with van der Waals surface area (Å²) in [6, 6.07) is 17.4. The molecule has 2 aromatic rings. The second-order valence-corrected chi connectivity index (χ2v) is 6.27. The third-order valence-corrected chi connectivity index (χ3v) is 4.29. The van der Waals surface area contributed by atoms with Gasteiger partial charge in [0.05, 0.1) is 0 Å². The van der Waals surface area contributed by atoms with E-state index in [0.717, 1.165) is 31.0 Å². The molecule has 3 rings (SSSR count). The molecule has 1 fully saturated rings. The number of anilines is 3. The maximum atomic E-state index is 13.0. The third-order valence-electron chi connectivity index (χ3n) is 4.29. The van der Waals surface area contributed by atoms with Crippen LogP contribution in [0.5, 0.6) is 0 Å². The zero-order chi connectivity index (χ0) is 16.9. The molecule has 1 saturated heterocycles. The van der Waals surface area contributed by atoms with E-state index in [1.165, 1.54) is 0 Å². The molecular formula is C19H24N4O. The minimum atomic E-state index is 0.0822. The Bertz CT molecular complexity index is 672. The predicted octanol–water partition coefficient (Wildman–Crippen LogP) is 2.23. The molecule has 5 heteroatoms. The monoisotopic (exact) mass is 324 g/mol. The van der Waals surface area contributed by atoms with Gasteiger partial charge in [0, 0.05) is 49.2 Å². The minimum absolute atomic E-state index is 0.0822. The van der Waals surface area contributed by atoms with Crippen LogP contribution < -0.4 is 16.0 Å². The fourth-order valence-corrected chi connectivity index (χ4v) is 3.07. The summed E-state index contributed by atoms with van der Waals surface area (Å²) in [6.07, 6.45) is 0.462. The number of nitrogens with two attached hydrogens (primary N) is 1. The van der Waals surface area contributed by atoms with E-state index in [0.29, 0.717) is 12.1 Å². The highest BCUT2D eigenvalue weighted by atomic mass is 16.2. The molecule has 1 amide bonds. The van der Waals surface area contributed by atoms with Crippen molar-refractivity contribution in [2.45, 2.75) is 12.5 Å². The number of nitrogens with zero attached hydrogens (tertiary/aromatic N) is 2. The zero-order valence-corrected chi connectivity index (χ0v) is 14.0. The van der Waals surface area contributed by atoms with Gasteiger partial charge in [0.2, 0.25) is 5.91 Å². The van der Waals surface area contributed by atoms with E-state index < -0.39 is 0 Å². The van der Waals surface area contributed by atoms with Gasteiger partial charge in [0.25, 0.3) is 0 Å². The molecule has 24 heavy (non-hydrogen) atoms. The van der Waals surface area contributed by atoms with Crippen LogP contribution in [-0.4, -0.2) is 43.5 Å². The van der Waals surface area contributed by atoms with Crippen LogP contribution in [0.25, 0.3) is 0 Å². The van der Waals surface area contributed by atoms with E-state index in [1.54, 1.807) is 4.90 Å². The Balaban J connectivity index is 1.84. The van der Waals surface area contributed by atoms with Crippen LogP contribution in [0.4, 0.5) is 17.1 Å². The number of rotatable bonds is 4. The van der Waals surface area contributed by atoms with Crippen LogP contribution in [-0.2, 0) is 4.79 Å². The first-order valence-corrected chi connectivity index (χ1v) is 8.29. The first kappa shape index (κ1) is 16.5. The van der Waals surface area contributed by atoms with Crippen molar-refractivity contribution in [2.75, 3.05) is 37.3 Å². The van der Waals surface area contributed by atoms with E-state index in [4.69, 9.17) is 5.73 Å². The molecular weight excluding hydrogens is 300 g/mol. The summed E-state index contributed by atoms with van der Waals surface area (Å²) in [4.78, 5) is 17.1. The number of likely N-dealkylation sites (N-methyl/N-ethyl adjacent to an activating group) is 1. The Hall–Kier alpha value is -2.37. The zero-order valence-electron chi connectivity index (χ0n) is 14.0. The molecule has 1 aliphatic heterocycles. The molecule has 1 heterocycles. The van der Waals surface area contributed by atoms with Gasteiger partial charge in [-0.05, 0) is 43.4 Å². The van der Waals surface area contributed by atoms with Crippen molar-refractivity contribution >= 4 is 23.0 Å². The number of nitrogen functional groups attached to an aromatic ring is 1. The van der Waals surface area contributed by atoms with Gasteiger partial charge < -0.3 is 16.0 Å². The first-order chi connectivity index (χ1) is 11.6.